The molecule has 10 rings (SSSR count). The second kappa shape index (κ2) is 20.7. The van der Waals surface area contributed by atoms with E-state index in [4.69, 9.17) is 11.8 Å². The van der Waals surface area contributed by atoms with E-state index >= 15 is 0 Å². The van der Waals surface area contributed by atoms with E-state index in [0.29, 0.717) is 34.2 Å². The fourth-order valence-corrected chi connectivity index (χ4v) is 5.73. The van der Waals surface area contributed by atoms with Crippen molar-refractivity contribution in [1.29, 1.82) is 5.26 Å². The molecular weight excluding hydrogens is 1130 g/mol. The van der Waals surface area contributed by atoms with Gasteiger partial charge in [-0.15, -0.1) is 24.3 Å². The minimum atomic E-state index is -0.649. The van der Waals surface area contributed by atoms with Gasteiger partial charge in [0.15, 0.2) is 0 Å². The van der Waals surface area contributed by atoms with E-state index < -0.39 is 23.3 Å². The summed E-state index contributed by atoms with van der Waals surface area (Å²) in [4.78, 5) is 28.2. The summed E-state index contributed by atoms with van der Waals surface area (Å²) < 4.78 is 51.6. The number of fused-ring (bicyclic) bond motifs is 6. The number of pyridine rings is 4. The van der Waals surface area contributed by atoms with Gasteiger partial charge < -0.3 is 34.7 Å². The van der Waals surface area contributed by atoms with Gasteiger partial charge in [-0.3, -0.25) is 17.6 Å². The van der Waals surface area contributed by atoms with Crippen LogP contribution >= 0.6 is 0 Å². The molecule has 0 radical (unpaired) electrons. The van der Waals surface area contributed by atoms with Crippen molar-refractivity contribution in [1.82, 2.24) is 29.9 Å². The number of nitrogens with zero attached hydrogens (tertiary/aromatic N) is 8. The van der Waals surface area contributed by atoms with E-state index in [0.717, 1.165) is 56.8 Å². The number of hydrogen-bond acceptors (Lipinski definition) is 5. The Hall–Kier alpha value is -6.84. The SMILES string of the molecule is Fc1c[c-]c(-c2ccccn2)c(F)c1.Fc1c[c-]c(-c2ccccn2)c(F)c1.N#Cc1ccc2c(n1)[n-]c1ccccc12.[C-]#[N+]c1ccc2c(n1)[n-]c1ccccc12.[Pt+2].[Pt+2]. The largest absolute Gasteiger partial charge is 2.00 e. The zero-order valence-electron chi connectivity index (χ0n) is 30.6. The summed E-state index contributed by atoms with van der Waals surface area (Å²) in [5.74, 6) is -2.18. The molecule has 0 saturated heterocycles. The Kier molecular flexibility index (Phi) is 15.3. The molecule has 0 spiro atoms. The van der Waals surface area contributed by atoms with Gasteiger partial charge in [-0.1, -0.05) is 126 Å². The second-order valence-electron chi connectivity index (χ2n) is 12.1. The molecule has 60 heavy (non-hydrogen) atoms. The summed E-state index contributed by atoms with van der Waals surface area (Å²) in [6.45, 7) is 6.89. The molecule has 0 bridgehead atoms. The minimum absolute atomic E-state index is 0. The molecule has 296 valence electrons. The maximum absolute atomic E-state index is 13.2. The van der Waals surface area contributed by atoms with Crippen molar-refractivity contribution in [3.05, 3.63) is 198 Å². The Morgan fingerprint density at radius 3 is 1.48 bits per heavy atom. The van der Waals surface area contributed by atoms with Crippen molar-refractivity contribution in [2.45, 2.75) is 0 Å². The summed E-state index contributed by atoms with van der Waals surface area (Å²) in [7, 11) is 0. The third-order valence-electron chi connectivity index (χ3n) is 8.36. The molecule has 0 N–H and O–H groups in total. The molecule has 0 fully saturated rings. The van der Waals surface area contributed by atoms with Gasteiger partial charge in [0.1, 0.15) is 0 Å². The Morgan fingerprint density at radius 1 is 0.567 bits per heavy atom. The van der Waals surface area contributed by atoms with Crippen LogP contribution in [0, 0.1) is 53.3 Å². The molecule has 4 aromatic carbocycles. The average molecular weight is 1150 g/mol. The van der Waals surface area contributed by atoms with Crippen molar-refractivity contribution in [3.63, 3.8) is 0 Å². The van der Waals surface area contributed by atoms with Gasteiger partial charge in [-0.05, 0) is 67.8 Å². The summed E-state index contributed by atoms with van der Waals surface area (Å²) in [5, 5.41) is 12.9. The third-order valence-corrected chi connectivity index (χ3v) is 8.36. The van der Waals surface area contributed by atoms with Gasteiger partial charge in [-0.25, -0.2) is 0 Å². The molecule has 0 saturated carbocycles. The van der Waals surface area contributed by atoms with Gasteiger partial charge in [0, 0.05) is 41.4 Å². The molecule has 0 unspecified atom stereocenters. The minimum Gasteiger partial charge on any atom is -0.481 e. The predicted molar refractivity (Wildman–Crippen MR) is 213 cm³/mol. The third kappa shape index (κ3) is 10.4. The molecule has 6 heterocycles. The molecule has 14 heteroatoms. The van der Waals surface area contributed by atoms with Crippen LogP contribution in [-0.4, -0.2) is 19.9 Å². The van der Waals surface area contributed by atoms with Crippen LogP contribution in [0.15, 0.2) is 146 Å². The predicted octanol–water partition coefficient (Wildman–Crippen LogP) is 10.8. The first-order valence-corrected chi connectivity index (χ1v) is 17.3. The first-order valence-electron chi connectivity index (χ1n) is 17.3. The Bertz CT molecular complexity index is 2900. The average Bonchev–Trinajstić information content (AvgIpc) is 3.82. The molecule has 0 atom stereocenters. The monoisotopic (exact) mass is 1150 g/mol. The van der Waals surface area contributed by atoms with Crippen LogP contribution in [0.2, 0.25) is 0 Å². The van der Waals surface area contributed by atoms with E-state index in [1.807, 2.05) is 66.7 Å². The van der Waals surface area contributed by atoms with Crippen molar-refractivity contribution in [2.24, 2.45) is 0 Å². The Balaban J connectivity index is 0.000000150. The first-order chi connectivity index (χ1) is 28.3. The number of halogens is 4. The van der Waals surface area contributed by atoms with Crippen LogP contribution in [0.25, 0.3) is 71.2 Å². The maximum Gasteiger partial charge on any atom is 2.00 e. The number of aromatic nitrogens is 6. The summed E-state index contributed by atoms with van der Waals surface area (Å²) in [6.07, 6.45) is 3.10. The number of rotatable bonds is 2. The quantitative estimate of drug-likeness (QED) is 0.125. The Labute approximate surface area is 369 Å². The summed E-state index contributed by atoms with van der Waals surface area (Å²) in [6, 6.07) is 44.1. The number of hydrogen-bond donors (Lipinski definition) is 0. The van der Waals surface area contributed by atoms with Gasteiger partial charge in [0.2, 0.25) is 0 Å². The van der Waals surface area contributed by atoms with Crippen LogP contribution < -0.4 is 9.97 Å². The molecule has 0 aliphatic rings. The van der Waals surface area contributed by atoms with E-state index in [1.165, 1.54) is 0 Å². The summed E-state index contributed by atoms with van der Waals surface area (Å²) in [5.41, 5.74) is 4.84. The number of nitriles is 1. The zero-order chi connectivity index (χ0) is 40.4. The molecule has 0 amide bonds. The second-order valence-corrected chi connectivity index (χ2v) is 12.1. The molecule has 0 aliphatic heterocycles. The van der Waals surface area contributed by atoms with Crippen LogP contribution in [0.3, 0.4) is 0 Å². The normalized spacial score (nSPS) is 10.0. The standard InChI is InChI=1S/2C12H6N3.2C11H6F2N.2Pt/c1-13-11-7-6-9-8-4-2-3-5-10(8)14-12(9)15-11;13-7-8-5-6-10-9-3-1-2-4-11(9)15-12(10)14-8;2*12-8-4-5-9(10(13)7-8)11-3-1-2-6-14-11;;/h2-7H;1-6H;2*1-4,6-7H;;/q4*-1;2*+2. The van der Waals surface area contributed by atoms with Crippen molar-refractivity contribution < 1.29 is 59.7 Å². The van der Waals surface area contributed by atoms with Gasteiger partial charge in [0.25, 0.3) is 0 Å². The zero-order valence-corrected chi connectivity index (χ0v) is 35.1. The van der Waals surface area contributed by atoms with E-state index in [2.05, 4.69) is 46.9 Å². The van der Waals surface area contributed by atoms with Crippen LogP contribution in [0.1, 0.15) is 5.69 Å². The molecule has 10 aromatic rings. The van der Waals surface area contributed by atoms with Gasteiger partial charge >= 0.3 is 42.1 Å². The van der Waals surface area contributed by atoms with Crippen LogP contribution in [0.5, 0.6) is 0 Å². The van der Waals surface area contributed by atoms with E-state index in [-0.39, 0.29) is 53.3 Å². The van der Waals surface area contributed by atoms with Gasteiger partial charge in [-0.2, -0.15) is 5.26 Å². The fraction of sp³-hybridized carbons (Fsp3) is 0. The van der Waals surface area contributed by atoms with Crippen molar-refractivity contribution >= 4 is 49.7 Å². The molecule has 8 nitrogen and oxygen atoms in total. The van der Waals surface area contributed by atoms with Crippen LogP contribution in [-0.2, 0) is 42.1 Å². The Morgan fingerprint density at radius 2 is 1.03 bits per heavy atom. The van der Waals surface area contributed by atoms with Gasteiger partial charge in [0.05, 0.1) is 11.9 Å². The van der Waals surface area contributed by atoms with Crippen molar-refractivity contribution in [2.75, 3.05) is 0 Å². The number of para-hydroxylation sites is 2. The topological polar surface area (TPSA) is 108 Å². The molecule has 6 aromatic heterocycles. The molecular formula is C46H24F4N8Pt2. The first kappa shape index (κ1) is 44.3. The summed E-state index contributed by atoms with van der Waals surface area (Å²) >= 11 is 0. The molecule has 0 aliphatic carbocycles. The van der Waals surface area contributed by atoms with E-state index in [1.54, 1.807) is 60.9 Å². The smallest absolute Gasteiger partial charge is 0.481 e. The van der Waals surface area contributed by atoms with E-state index in [9.17, 15) is 17.6 Å². The van der Waals surface area contributed by atoms with Crippen LogP contribution in [0.4, 0.5) is 23.4 Å². The number of benzene rings is 4. The fourth-order valence-electron chi connectivity index (χ4n) is 5.73. The van der Waals surface area contributed by atoms with Crippen molar-refractivity contribution in [3.8, 4) is 28.6 Å². The maximum atomic E-state index is 13.2.